The SMILES string of the molecule is c1ccc(-c2ccc3sc4ccc(-c5ccc(N(c6ccccc6)c6ccc(-c7ccccc7)c7ccccc67)cc5)cc4c3c2)cc1. The zero-order valence-corrected chi connectivity index (χ0v) is 27.1. The lowest BCUT2D eigenvalue weighted by atomic mass is 9.96. The quantitative estimate of drug-likeness (QED) is 0.177. The van der Waals surface area contributed by atoms with Gasteiger partial charge in [-0.05, 0) is 93.4 Å². The maximum Gasteiger partial charge on any atom is 0.0540 e. The number of fused-ring (bicyclic) bond motifs is 4. The van der Waals surface area contributed by atoms with Gasteiger partial charge in [0, 0.05) is 36.9 Å². The highest BCUT2D eigenvalue weighted by molar-refractivity contribution is 7.25. The normalized spacial score (nSPS) is 11.3. The molecule has 1 aromatic heterocycles. The van der Waals surface area contributed by atoms with Gasteiger partial charge < -0.3 is 4.90 Å². The lowest BCUT2D eigenvalue weighted by Crippen LogP contribution is -2.10. The van der Waals surface area contributed by atoms with Crippen LogP contribution in [0, 0.1) is 0 Å². The van der Waals surface area contributed by atoms with Gasteiger partial charge >= 0.3 is 0 Å². The average Bonchev–Trinajstić information content (AvgIpc) is 3.54. The topological polar surface area (TPSA) is 3.24 Å². The largest absolute Gasteiger partial charge is 0.310 e. The second kappa shape index (κ2) is 12.0. The van der Waals surface area contributed by atoms with Crippen LogP contribution in [0.25, 0.3) is 64.3 Å². The summed E-state index contributed by atoms with van der Waals surface area (Å²) in [6.07, 6.45) is 0. The third-order valence-electron chi connectivity index (χ3n) is 9.28. The number of thiophene rings is 1. The molecule has 0 spiro atoms. The number of rotatable bonds is 6. The minimum atomic E-state index is 1.12. The third-order valence-corrected chi connectivity index (χ3v) is 10.4. The van der Waals surface area contributed by atoms with E-state index in [0.717, 1.165) is 17.1 Å². The highest BCUT2D eigenvalue weighted by atomic mass is 32.1. The van der Waals surface area contributed by atoms with Gasteiger partial charge in [0.25, 0.3) is 0 Å². The van der Waals surface area contributed by atoms with E-state index in [9.17, 15) is 0 Å². The number of hydrogen-bond acceptors (Lipinski definition) is 2. The third kappa shape index (κ3) is 5.04. The van der Waals surface area contributed by atoms with Gasteiger partial charge in [-0.25, -0.2) is 0 Å². The van der Waals surface area contributed by atoms with Crippen LogP contribution in [0.5, 0.6) is 0 Å². The molecule has 8 aromatic carbocycles. The summed E-state index contributed by atoms with van der Waals surface area (Å²) in [5.41, 5.74) is 10.8. The Morgan fingerprint density at radius 2 is 0.792 bits per heavy atom. The van der Waals surface area contributed by atoms with Crippen LogP contribution in [-0.2, 0) is 0 Å². The molecule has 1 heterocycles. The molecule has 48 heavy (non-hydrogen) atoms. The van der Waals surface area contributed by atoms with Crippen molar-refractivity contribution in [1.82, 2.24) is 0 Å². The monoisotopic (exact) mass is 629 g/mol. The molecule has 226 valence electrons. The summed E-state index contributed by atoms with van der Waals surface area (Å²) in [5, 5.41) is 5.09. The van der Waals surface area contributed by atoms with Crippen molar-refractivity contribution in [3.8, 4) is 33.4 Å². The first-order valence-corrected chi connectivity index (χ1v) is 17.2. The van der Waals surface area contributed by atoms with E-state index in [1.54, 1.807) is 0 Å². The van der Waals surface area contributed by atoms with Crippen molar-refractivity contribution in [3.05, 3.63) is 188 Å². The van der Waals surface area contributed by atoms with E-state index in [0.29, 0.717) is 0 Å². The van der Waals surface area contributed by atoms with Gasteiger partial charge in [-0.2, -0.15) is 0 Å². The summed E-state index contributed by atoms with van der Waals surface area (Å²) < 4.78 is 2.64. The zero-order valence-electron chi connectivity index (χ0n) is 26.3. The Bertz CT molecular complexity index is 2530. The molecule has 0 bridgehead atoms. The van der Waals surface area contributed by atoms with Crippen molar-refractivity contribution < 1.29 is 0 Å². The van der Waals surface area contributed by atoms with Gasteiger partial charge in [0.15, 0.2) is 0 Å². The van der Waals surface area contributed by atoms with Crippen LogP contribution in [0.4, 0.5) is 17.1 Å². The summed E-state index contributed by atoms with van der Waals surface area (Å²) in [6, 6.07) is 68.1. The van der Waals surface area contributed by atoms with Crippen molar-refractivity contribution in [3.63, 3.8) is 0 Å². The zero-order chi connectivity index (χ0) is 31.9. The molecule has 0 N–H and O–H groups in total. The Balaban J connectivity index is 1.13. The van der Waals surface area contributed by atoms with E-state index >= 15 is 0 Å². The average molecular weight is 630 g/mol. The fourth-order valence-corrected chi connectivity index (χ4v) is 7.99. The first-order valence-electron chi connectivity index (χ1n) is 16.3. The highest BCUT2D eigenvalue weighted by Crippen LogP contribution is 2.43. The molecular weight excluding hydrogens is 599 g/mol. The van der Waals surface area contributed by atoms with Crippen molar-refractivity contribution in [2.24, 2.45) is 0 Å². The van der Waals surface area contributed by atoms with E-state index in [1.807, 2.05) is 11.3 Å². The van der Waals surface area contributed by atoms with E-state index in [1.165, 1.54) is 64.3 Å². The number of benzene rings is 8. The van der Waals surface area contributed by atoms with Crippen LogP contribution in [0.15, 0.2) is 188 Å². The van der Waals surface area contributed by atoms with Crippen molar-refractivity contribution in [1.29, 1.82) is 0 Å². The van der Waals surface area contributed by atoms with Gasteiger partial charge in [0.2, 0.25) is 0 Å². The van der Waals surface area contributed by atoms with E-state index in [2.05, 4.69) is 193 Å². The minimum Gasteiger partial charge on any atom is -0.310 e. The molecule has 0 aliphatic rings. The van der Waals surface area contributed by atoms with Crippen LogP contribution >= 0.6 is 11.3 Å². The predicted molar refractivity (Wildman–Crippen MR) is 208 cm³/mol. The van der Waals surface area contributed by atoms with Crippen LogP contribution in [0.1, 0.15) is 0 Å². The van der Waals surface area contributed by atoms with Gasteiger partial charge in [-0.1, -0.05) is 133 Å². The smallest absolute Gasteiger partial charge is 0.0540 e. The first kappa shape index (κ1) is 28.3. The second-order valence-corrected chi connectivity index (χ2v) is 13.2. The summed E-state index contributed by atoms with van der Waals surface area (Å²) in [6.45, 7) is 0. The van der Waals surface area contributed by atoms with Crippen LogP contribution in [0.3, 0.4) is 0 Å². The fourth-order valence-electron chi connectivity index (χ4n) is 6.92. The Kier molecular flexibility index (Phi) is 7.07. The van der Waals surface area contributed by atoms with Crippen molar-refractivity contribution in [2.45, 2.75) is 0 Å². The molecule has 0 saturated carbocycles. The summed E-state index contributed by atoms with van der Waals surface area (Å²) in [4.78, 5) is 2.38. The molecule has 9 rings (SSSR count). The Labute approximate surface area is 284 Å². The molecule has 0 amide bonds. The molecule has 1 nitrogen and oxygen atoms in total. The minimum absolute atomic E-state index is 1.12. The van der Waals surface area contributed by atoms with Crippen LogP contribution < -0.4 is 4.90 Å². The molecule has 0 saturated heterocycles. The fraction of sp³-hybridized carbons (Fsp3) is 0. The summed E-state index contributed by atoms with van der Waals surface area (Å²) in [5.74, 6) is 0. The molecule has 9 aromatic rings. The number of nitrogens with zero attached hydrogens (tertiary/aromatic N) is 1. The first-order chi connectivity index (χ1) is 23.8. The van der Waals surface area contributed by atoms with E-state index in [-0.39, 0.29) is 0 Å². The Morgan fingerprint density at radius 1 is 0.312 bits per heavy atom. The molecule has 2 heteroatoms. The lowest BCUT2D eigenvalue weighted by Gasteiger charge is -2.27. The molecule has 0 fully saturated rings. The van der Waals surface area contributed by atoms with Gasteiger partial charge in [-0.3, -0.25) is 0 Å². The number of para-hydroxylation sites is 1. The van der Waals surface area contributed by atoms with E-state index < -0.39 is 0 Å². The highest BCUT2D eigenvalue weighted by Gasteiger charge is 2.17. The van der Waals surface area contributed by atoms with Crippen LogP contribution in [-0.4, -0.2) is 0 Å². The van der Waals surface area contributed by atoms with E-state index in [4.69, 9.17) is 0 Å². The maximum atomic E-state index is 2.38. The number of hydrogen-bond donors (Lipinski definition) is 0. The Morgan fingerprint density at radius 3 is 1.42 bits per heavy atom. The van der Waals surface area contributed by atoms with Crippen molar-refractivity contribution >= 4 is 59.3 Å². The van der Waals surface area contributed by atoms with Gasteiger partial charge in [-0.15, -0.1) is 11.3 Å². The van der Waals surface area contributed by atoms with Gasteiger partial charge in [0.05, 0.1) is 5.69 Å². The summed E-state index contributed by atoms with van der Waals surface area (Å²) >= 11 is 1.86. The molecule has 0 aliphatic carbocycles. The maximum absolute atomic E-state index is 2.38. The second-order valence-electron chi connectivity index (χ2n) is 12.2. The van der Waals surface area contributed by atoms with Gasteiger partial charge in [0.1, 0.15) is 0 Å². The predicted octanol–water partition coefficient (Wildman–Crippen LogP) is 13.7. The summed E-state index contributed by atoms with van der Waals surface area (Å²) in [7, 11) is 0. The molecule has 0 aliphatic heterocycles. The molecule has 0 unspecified atom stereocenters. The van der Waals surface area contributed by atoms with Crippen molar-refractivity contribution in [2.75, 3.05) is 4.90 Å². The molecular formula is C46H31NS. The molecule has 0 radical (unpaired) electrons. The Hall–Kier alpha value is -5.96. The lowest BCUT2D eigenvalue weighted by molar-refractivity contribution is 1.30. The number of anilines is 3. The van der Waals surface area contributed by atoms with Crippen LogP contribution in [0.2, 0.25) is 0 Å². The standard InChI is InChI=1S/C46H31NS/c1-4-12-32(13-5-1)35-22-28-45-42(30-35)43-31-36(23-29-46(43)48-45)33-20-24-38(25-21-33)47(37-16-8-3-9-17-37)44-27-26-39(34-14-6-2-7-15-34)40-18-10-11-19-41(40)44/h1-31H. The molecule has 0 atom stereocenters.